The lowest BCUT2D eigenvalue weighted by Gasteiger charge is -2.33. The van der Waals surface area contributed by atoms with Crippen molar-refractivity contribution in [1.29, 1.82) is 0 Å². The zero-order valence-corrected chi connectivity index (χ0v) is 28.4. The maximum Gasteiger partial charge on any atom is 0.339 e. The van der Waals surface area contributed by atoms with Gasteiger partial charge in [0.1, 0.15) is 28.7 Å². The minimum atomic E-state index is -1.28. The van der Waals surface area contributed by atoms with Crippen molar-refractivity contribution in [3.63, 3.8) is 0 Å². The Morgan fingerprint density at radius 3 is 1.90 bits per heavy atom. The van der Waals surface area contributed by atoms with E-state index in [-0.39, 0.29) is 23.5 Å². The normalized spacial score (nSPS) is 13.2. The zero-order valence-electron chi connectivity index (χ0n) is 26.8. The second-order valence-electron chi connectivity index (χ2n) is 11.8. The summed E-state index contributed by atoms with van der Waals surface area (Å²) < 4.78 is 5.01. The van der Waals surface area contributed by atoms with Crippen LogP contribution in [-0.4, -0.2) is 56.9 Å². The van der Waals surface area contributed by atoms with Crippen LogP contribution in [0.1, 0.15) is 53.9 Å². The maximum absolute atomic E-state index is 12.3. The van der Waals surface area contributed by atoms with E-state index in [9.17, 15) is 34.8 Å². The quantitative estimate of drug-likeness (QED) is 0.121. The summed E-state index contributed by atoms with van der Waals surface area (Å²) in [5.74, 6) is -3.62. The Morgan fingerprint density at radius 1 is 0.820 bits per heavy atom. The number of carbonyl (C=O) groups excluding carboxylic acids is 1. The van der Waals surface area contributed by atoms with Gasteiger partial charge in [-0.3, -0.25) is 4.90 Å². The summed E-state index contributed by atoms with van der Waals surface area (Å²) in [5, 5.41) is 45.5. The van der Waals surface area contributed by atoms with E-state index in [4.69, 9.17) is 16.3 Å². The SMILES string of the molecule is COC(=O)[C@@H](c1ccccc1Cl)N1CCc2sccc2C1.O=C(O)c1cc2ccccc2c(Cc2c(O)c(C(=O)O)cc3ccccc23)c1O. The molecule has 4 N–H and O–H groups in total. The van der Waals surface area contributed by atoms with Crippen LogP contribution in [0.15, 0.2) is 96.4 Å². The molecule has 11 heteroatoms. The highest BCUT2D eigenvalue weighted by molar-refractivity contribution is 7.10. The summed E-state index contributed by atoms with van der Waals surface area (Å²) in [5.41, 5.74) is 2.22. The first-order valence-electron chi connectivity index (χ1n) is 15.6. The molecule has 0 unspecified atom stereocenters. The fourth-order valence-electron chi connectivity index (χ4n) is 6.46. The van der Waals surface area contributed by atoms with Crippen molar-refractivity contribution in [2.45, 2.75) is 25.4 Å². The van der Waals surface area contributed by atoms with Gasteiger partial charge < -0.3 is 25.2 Å². The smallest absolute Gasteiger partial charge is 0.339 e. The average Bonchev–Trinajstić information content (AvgIpc) is 3.59. The van der Waals surface area contributed by atoms with E-state index < -0.39 is 29.5 Å². The first kappa shape index (κ1) is 34.4. The number of esters is 1. The van der Waals surface area contributed by atoms with Crippen LogP contribution < -0.4 is 0 Å². The number of ether oxygens (including phenoxy) is 1. The van der Waals surface area contributed by atoms with Crippen molar-refractivity contribution in [3.05, 3.63) is 140 Å². The van der Waals surface area contributed by atoms with E-state index in [0.717, 1.165) is 25.1 Å². The largest absolute Gasteiger partial charge is 0.507 e. The molecule has 0 radical (unpaired) electrons. The van der Waals surface area contributed by atoms with Gasteiger partial charge in [-0.15, -0.1) is 11.3 Å². The number of benzene rings is 5. The van der Waals surface area contributed by atoms with E-state index in [1.165, 1.54) is 29.7 Å². The first-order chi connectivity index (χ1) is 24.1. The molecule has 1 atom stereocenters. The third-order valence-corrected chi connectivity index (χ3v) is 10.3. The third kappa shape index (κ3) is 6.73. The second kappa shape index (κ2) is 14.6. The van der Waals surface area contributed by atoms with Gasteiger partial charge in [0.05, 0.1) is 7.11 Å². The van der Waals surface area contributed by atoms with Crippen LogP contribution in [0, 0.1) is 0 Å². The Kier molecular flexibility index (Phi) is 10.1. The lowest BCUT2D eigenvalue weighted by Crippen LogP contribution is -2.38. The second-order valence-corrected chi connectivity index (χ2v) is 13.2. The molecule has 0 saturated carbocycles. The van der Waals surface area contributed by atoms with Gasteiger partial charge in [-0.25, -0.2) is 14.4 Å². The molecule has 6 aromatic rings. The number of phenols is 2. The number of carbonyl (C=O) groups is 3. The molecule has 2 heterocycles. The van der Waals surface area contributed by atoms with Crippen LogP contribution >= 0.6 is 22.9 Å². The highest BCUT2D eigenvalue weighted by atomic mass is 35.5. The lowest BCUT2D eigenvalue weighted by molar-refractivity contribution is -0.147. The number of thiophene rings is 1. The van der Waals surface area contributed by atoms with Gasteiger partial charge in [-0.2, -0.15) is 0 Å². The summed E-state index contributed by atoms with van der Waals surface area (Å²) in [7, 11) is 1.42. The van der Waals surface area contributed by atoms with Crippen molar-refractivity contribution >= 4 is 62.4 Å². The molecule has 0 saturated heterocycles. The van der Waals surface area contributed by atoms with Crippen LogP contribution in [0.25, 0.3) is 21.5 Å². The summed E-state index contributed by atoms with van der Waals surface area (Å²) in [6, 6.07) is 25.9. The van der Waals surface area contributed by atoms with E-state index in [1.54, 1.807) is 59.9 Å². The number of aromatic carboxylic acids is 2. The predicted molar refractivity (Wildman–Crippen MR) is 193 cm³/mol. The fraction of sp³-hybridized carbons (Fsp3) is 0.154. The fourth-order valence-corrected chi connectivity index (χ4v) is 7.58. The molecule has 0 aliphatic carbocycles. The van der Waals surface area contributed by atoms with Gasteiger partial charge in [-0.05, 0) is 68.7 Å². The van der Waals surface area contributed by atoms with Crippen LogP contribution in [0.4, 0.5) is 0 Å². The van der Waals surface area contributed by atoms with E-state index >= 15 is 0 Å². The van der Waals surface area contributed by atoms with Gasteiger partial charge in [0.15, 0.2) is 0 Å². The van der Waals surface area contributed by atoms with Crippen molar-refractivity contribution in [3.8, 4) is 11.5 Å². The number of nitrogens with zero attached hydrogens (tertiary/aromatic N) is 1. The van der Waals surface area contributed by atoms with Crippen molar-refractivity contribution in [1.82, 2.24) is 4.90 Å². The predicted octanol–water partition coefficient (Wildman–Crippen LogP) is 8.07. The van der Waals surface area contributed by atoms with Crippen LogP contribution in [0.5, 0.6) is 11.5 Å². The number of hydrogen-bond acceptors (Lipinski definition) is 8. The van der Waals surface area contributed by atoms with Gasteiger partial charge >= 0.3 is 17.9 Å². The number of methoxy groups -OCH3 is 1. The molecule has 0 spiro atoms. The molecule has 0 fully saturated rings. The molecular weight excluding hydrogens is 678 g/mol. The molecule has 50 heavy (non-hydrogen) atoms. The Balaban J connectivity index is 0.000000182. The molecule has 1 aliphatic rings. The van der Waals surface area contributed by atoms with Crippen molar-refractivity contribution in [2.75, 3.05) is 13.7 Å². The van der Waals surface area contributed by atoms with Crippen LogP contribution in [-0.2, 0) is 28.9 Å². The summed E-state index contributed by atoms with van der Waals surface area (Å²) in [4.78, 5) is 39.1. The molecule has 1 aliphatic heterocycles. The minimum Gasteiger partial charge on any atom is -0.507 e. The van der Waals surface area contributed by atoms with Gasteiger partial charge in [0.25, 0.3) is 0 Å². The van der Waals surface area contributed by atoms with Crippen LogP contribution in [0.2, 0.25) is 5.02 Å². The zero-order chi connectivity index (χ0) is 35.5. The summed E-state index contributed by atoms with van der Waals surface area (Å²) >= 11 is 8.07. The monoisotopic (exact) mass is 709 g/mol. The molecule has 0 amide bonds. The number of carboxylic acid groups (broad SMARTS) is 2. The number of carboxylic acids is 2. The van der Waals surface area contributed by atoms with Crippen LogP contribution in [0.3, 0.4) is 0 Å². The molecule has 0 bridgehead atoms. The molecule has 7 rings (SSSR count). The Bertz CT molecular complexity index is 2160. The van der Waals surface area contributed by atoms with Gasteiger partial charge in [0, 0.05) is 40.5 Å². The summed E-state index contributed by atoms with van der Waals surface area (Å²) in [6.45, 7) is 1.59. The highest BCUT2D eigenvalue weighted by Crippen LogP contribution is 2.39. The number of fused-ring (bicyclic) bond motifs is 3. The van der Waals surface area contributed by atoms with E-state index in [2.05, 4.69) is 16.3 Å². The van der Waals surface area contributed by atoms with Gasteiger partial charge in [-0.1, -0.05) is 78.3 Å². The standard InChI is InChI=1S/C23H16O6.C16H16ClNO2S/c24-20-16(14-7-3-1-5-12(14)9-18(20)22(26)27)11-17-15-8-4-2-6-13(15)10-19(21(17)25)23(28)29;1-20-16(19)15(12-4-2-3-5-13(12)17)18-8-6-14-11(10-18)7-9-21-14/h1-10,24-25H,11H2,(H,26,27)(H,28,29);2-5,7,9,15H,6,8,10H2,1H3/t;15-/m.1/s1. The molecule has 9 nitrogen and oxygen atoms in total. The Labute approximate surface area is 296 Å². The first-order valence-corrected chi connectivity index (χ1v) is 16.9. The number of rotatable bonds is 7. The third-order valence-electron chi connectivity index (χ3n) is 8.89. The summed E-state index contributed by atoms with van der Waals surface area (Å²) in [6.07, 6.45) is 0.923. The van der Waals surface area contributed by atoms with Crippen molar-refractivity contribution < 1.29 is 39.5 Å². The molecule has 5 aromatic carbocycles. The number of hydrogen-bond donors (Lipinski definition) is 4. The van der Waals surface area contributed by atoms with E-state index in [0.29, 0.717) is 37.7 Å². The molecule has 1 aromatic heterocycles. The minimum absolute atomic E-state index is 0.0407. The highest BCUT2D eigenvalue weighted by Gasteiger charge is 2.33. The molecular formula is C39H32ClNO8S. The Morgan fingerprint density at radius 2 is 1.36 bits per heavy atom. The Hall–Kier alpha value is -5.42. The van der Waals surface area contributed by atoms with Crippen molar-refractivity contribution in [2.24, 2.45) is 0 Å². The maximum atomic E-state index is 12.3. The number of aromatic hydroxyl groups is 2. The molecule has 254 valence electrons. The van der Waals surface area contributed by atoms with E-state index in [1.807, 2.05) is 24.3 Å². The topological polar surface area (TPSA) is 145 Å². The lowest BCUT2D eigenvalue weighted by atomic mass is 9.90. The average molecular weight is 710 g/mol. The number of halogens is 1. The van der Waals surface area contributed by atoms with Gasteiger partial charge in [0.2, 0.25) is 0 Å².